The molecule has 1 saturated heterocycles. The summed E-state index contributed by atoms with van der Waals surface area (Å²) in [5.41, 5.74) is 0. The average molecular weight is 504 g/mol. The van der Waals surface area contributed by atoms with Crippen LogP contribution in [0.5, 0.6) is 0 Å². The molecule has 0 aromatic rings. The summed E-state index contributed by atoms with van der Waals surface area (Å²) in [7, 11) is -10.1. The highest BCUT2D eigenvalue weighted by Crippen LogP contribution is 2.43. The van der Waals surface area contributed by atoms with Gasteiger partial charge in [0.15, 0.2) is 6.29 Å². The Balaban J connectivity index is 1.55. The maximum Gasteiger partial charge on any atom is 0.397 e. The molecule has 2 fully saturated rings. The summed E-state index contributed by atoms with van der Waals surface area (Å²) in [6, 6.07) is 0. The molecule has 1 aliphatic heterocycles. The molecule has 0 radical (unpaired) electrons. The quantitative estimate of drug-likeness (QED) is 0.121. The first-order valence-corrected chi connectivity index (χ1v) is 12.4. The van der Waals surface area contributed by atoms with Gasteiger partial charge in [-0.3, -0.25) is 13.9 Å². The first-order chi connectivity index (χ1) is 14.8. The lowest BCUT2D eigenvalue weighted by molar-refractivity contribution is -0.295. The van der Waals surface area contributed by atoms with Gasteiger partial charge in [-0.2, -0.15) is 16.8 Å². The number of aliphatic hydroxyl groups excluding tert-OH is 2. The van der Waals surface area contributed by atoms with Crippen LogP contribution in [0.25, 0.3) is 0 Å². The van der Waals surface area contributed by atoms with Crippen molar-refractivity contribution in [2.45, 2.75) is 43.5 Å². The minimum absolute atomic E-state index is 0.0155. The molecule has 0 spiro atoms. The zero-order valence-corrected chi connectivity index (χ0v) is 18.2. The lowest BCUT2D eigenvalue weighted by Crippen LogP contribution is -2.61. The minimum Gasteiger partial charge on any atom is -0.387 e. The molecule has 5 N–H and O–H groups in total. The molecular weight excluding hydrogens is 478 g/mol. The second-order valence-corrected chi connectivity index (χ2v) is 9.91. The third-order valence-electron chi connectivity index (χ3n) is 5.55. The Kier molecular flexibility index (Phi) is 7.91. The number of ether oxygens (including phenoxy) is 2. The summed E-state index contributed by atoms with van der Waals surface area (Å²) in [5.74, 6) is 0.322. The number of carbonyl (C=O) groups is 1. The Labute approximate surface area is 184 Å². The normalized spacial score (nSPS) is 37.0. The molecule has 0 aromatic carbocycles. The van der Waals surface area contributed by atoms with Crippen molar-refractivity contribution in [3.8, 4) is 0 Å². The van der Waals surface area contributed by atoms with E-state index in [2.05, 4.69) is 19.8 Å². The van der Waals surface area contributed by atoms with Crippen LogP contribution in [0.4, 0.5) is 0 Å². The number of carbonyl (C=O) groups excluding carboxylic acids is 1. The van der Waals surface area contributed by atoms with E-state index in [0.29, 0.717) is 5.92 Å². The molecule has 2 aliphatic carbocycles. The van der Waals surface area contributed by atoms with Crippen molar-refractivity contribution < 1.29 is 58.8 Å². The molecule has 0 unspecified atom stereocenters. The van der Waals surface area contributed by atoms with Crippen LogP contribution in [0.1, 0.15) is 12.8 Å². The zero-order valence-electron chi connectivity index (χ0n) is 16.6. The van der Waals surface area contributed by atoms with Crippen molar-refractivity contribution in [1.29, 1.82) is 0 Å². The van der Waals surface area contributed by atoms with E-state index in [4.69, 9.17) is 18.6 Å². The largest absolute Gasteiger partial charge is 0.397 e. The Morgan fingerprint density at radius 3 is 2.34 bits per heavy atom. The highest BCUT2D eigenvalue weighted by Gasteiger charge is 2.48. The summed E-state index contributed by atoms with van der Waals surface area (Å²) in [6.07, 6.45) is -3.37. The molecule has 184 valence electrons. The Bertz CT molecular complexity index is 920. The highest BCUT2D eigenvalue weighted by atomic mass is 32.3. The summed E-state index contributed by atoms with van der Waals surface area (Å²) >= 11 is 0. The van der Waals surface area contributed by atoms with Gasteiger partial charge in [0.2, 0.25) is 5.91 Å². The van der Waals surface area contributed by atoms with Gasteiger partial charge in [0.1, 0.15) is 24.4 Å². The van der Waals surface area contributed by atoms with Gasteiger partial charge < -0.3 is 25.0 Å². The van der Waals surface area contributed by atoms with Crippen molar-refractivity contribution in [2.24, 2.45) is 17.8 Å². The van der Waals surface area contributed by atoms with E-state index in [1.54, 1.807) is 0 Å². The Morgan fingerprint density at radius 1 is 1.06 bits per heavy atom. The van der Waals surface area contributed by atoms with Gasteiger partial charge in [0, 0.05) is 12.5 Å². The molecule has 1 heterocycles. The molecule has 8 atom stereocenters. The van der Waals surface area contributed by atoms with Crippen LogP contribution >= 0.6 is 0 Å². The number of rotatable bonds is 10. The number of fused-ring (bicyclic) bond motifs is 2. The fourth-order valence-corrected chi connectivity index (χ4v) is 4.96. The molecule has 0 aromatic heterocycles. The second-order valence-electron chi connectivity index (χ2n) is 7.77. The first kappa shape index (κ1) is 25.4. The predicted octanol–water partition coefficient (Wildman–Crippen LogP) is -2.21. The third kappa shape index (κ3) is 6.66. The predicted molar refractivity (Wildman–Crippen MR) is 102 cm³/mol. The van der Waals surface area contributed by atoms with E-state index in [1.807, 2.05) is 6.08 Å². The molecule has 1 saturated carbocycles. The summed E-state index contributed by atoms with van der Waals surface area (Å²) in [6.45, 7) is -1.17. The maximum atomic E-state index is 12.3. The van der Waals surface area contributed by atoms with Gasteiger partial charge in [0.25, 0.3) is 0 Å². The summed E-state index contributed by atoms with van der Waals surface area (Å²) in [4.78, 5) is 12.3. The fourth-order valence-electron chi connectivity index (χ4n) is 4.15. The smallest absolute Gasteiger partial charge is 0.387 e. The molecule has 3 rings (SSSR count). The van der Waals surface area contributed by atoms with Crippen LogP contribution in [0.3, 0.4) is 0 Å². The maximum absolute atomic E-state index is 12.3. The second kappa shape index (κ2) is 9.96. The van der Waals surface area contributed by atoms with Crippen molar-refractivity contribution >= 4 is 26.7 Å². The van der Waals surface area contributed by atoms with Gasteiger partial charge in [-0.05, 0) is 24.7 Å². The molecule has 2 bridgehead atoms. The van der Waals surface area contributed by atoms with Crippen LogP contribution < -0.4 is 5.32 Å². The lowest BCUT2D eigenvalue weighted by Gasteiger charge is -2.41. The fraction of sp³-hybridized carbons (Fsp3) is 0.812. The summed E-state index contributed by atoms with van der Waals surface area (Å²) in [5, 5.41) is 23.1. The lowest BCUT2D eigenvalue weighted by atomic mass is 9.93. The Morgan fingerprint density at radius 2 is 1.78 bits per heavy atom. The number of allylic oxidation sites excluding steroid dienone is 2. The molecular formula is C16H25NO13S2. The van der Waals surface area contributed by atoms with Crippen molar-refractivity contribution in [2.75, 3.05) is 19.8 Å². The van der Waals surface area contributed by atoms with Gasteiger partial charge in [-0.25, -0.2) is 8.37 Å². The van der Waals surface area contributed by atoms with Crippen LogP contribution in [-0.4, -0.2) is 92.5 Å². The van der Waals surface area contributed by atoms with Crippen molar-refractivity contribution in [3.05, 3.63) is 12.2 Å². The van der Waals surface area contributed by atoms with Gasteiger partial charge in [-0.15, -0.1) is 0 Å². The van der Waals surface area contributed by atoms with Crippen molar-refractivity contribution in [3.63, 3.8) is 0 Å². The van der Waals surface area contributed by atoms with Crippen LogP contribution in [0.2, 0.25) is 0 Å². The molecule has 14 nitrogen and oxygen atoms in total. The first-order valence-electron chi connectivity index (χ1n) is 9.71. The van der Waals surface area contributed by atoms with Crippen LogP contribution in [0.15, 0.2) is 12.2 Å². The average Bonchev–Trinajstić information content (AvgIpc) is 3.31. The number of hydrogen-bond acceptors (Lipinski definition) is 11. The van der Waals surface area contributed by atoms with Gasteiger partial charge >= 0.3 is 20.8 Å². The molecule has 1 amide bonds. The molecule has 3 aliphatic rings. The highest BCUT2D eigenvalue weighted by molar-refractivity contribution is 7.81. The Hall–Kier alpha value is -1.21. The minimum atomic E-state index is -5.13. The summed E-state index contributed by atoms with van der Waals surface area (Å²) < 4.78 is 80.1. The number of aliphatic hydroxyl groups is 2. The third-order valence-corrected chi connectivity index (χ3v) is 6.45. The zero-order chi connectivity index (χ0) is 23.7. The van der Waals surface area contributed by atoms with E-state index in [-0.39, 0.29) is 30.9 Å². The van der Waals surface area contributed by atoms with E-state index < -0.39 is 58.1 Å². The van der Waals surface area contributed by atoms with E-state index in [0.717, 1.165) is 12.8 Å². The standard InChI is InChI=1S/C16H25NO13S2/c18-12-11(7-28-31(21,22)23)29-16(13(19)14(12)30-32(24,25)26)27-4-3-17-15(20)10-6-8-1-2-9(10)5-8/h1-2,8-14,16,18-19H,3-7H2,(H,17,20)(H,21,22,23)(H,24,25,26)/t8-,9+,10+,11-,12+,13-,14+,16-/m1/s1. The monoisotopic (exact) mass is 503 g/mol. The van der Waals surface area contributed by atoms with Crippen LogP contribution in [0, 0.1) is 17.8 Å². The molecule has 32 heavy (non-hydrogen) atoms. The topological polar surface area (TPSA) is 215 Å². The van der Waals surface area contributed by atoms with E-state index >= 15 is 0 Å². The SMILES string of the molecule is O=C(NCCO[C@@H]1O[C@H](COS(=O)(=O)O)[C@H](O)[C@H](OS(=O)(=O)O)[C@H]1O)[C@H]1C[C@@H]2C=C[C@H]1C2. The van der Waals surface area contributed by atoms with Gasteiger partial charge in [-0.1, -0.05) is 12.2 Å². The van der Waals surface area contributed by atoms with E-state index in [1.165, 1.54) is 0 Å². The number of amides is 1. The molecule has 16 heteroatoms. The number of nitrogens with one attached hydrogen (secondary N) is 1. The van der Waals surface area contributed by atoms with Crippen molar-refractivity contribution in [1.82, 2.24) is 5.32 Å². The number of hydrogen-bond donors (Lipinski definition) is 5. The van der Waals surface area contributed by atoms with Crippen LogP contribution in [-0.2, 0) is 43.4 Å². The van der Waals surface area contributed by atoms with E-state index in [9.17, 15) is 31.8 Å². The van der Waals surface area contributed by atoms with Gasteiger partial charge in [0.05, 0.1) is 13.2 Å².